The predicted octanol–water partition coefficient (Wildman–Crippen LogP) is 1.91. The third kappa shape index (κ3) is 3.02. The highest BCUT2D eigenvalue weighted by atomic mass is 32.2. The number of rotatable bonds is 3. The van der Waals surface area contributed by atoms with Crippen LogP contribution in [-0.4, -0.2) is 45.9 Å². The molecule has 24 heavy (non-hydrogen) atoms. The summed E-state index contributed by atoms with van der Waals surface area (Å²) < 4.78 is 25.1. The first kappa shape index (κ1) is 17.9. The minimum Gasteiger partial charge on any atom is -0.391 e. The number of sulfone groups is 1. The molecule has 0 radical (unpaired) electrons. The standard InChI is InChI=1S/C15H20N2O4S3/c1-7(2)17-14(19)12-8(3)9(4)22-13(12)16-15(17)23-11-6-24(20,21)5-10(11)18/h7,10-11,18H,5-6H2,1-4H3/t10-,11+/m1/s1. The Balaban J connectivity index is 2.14. The molecule has 1 saturated heterocycles. The van der Waals surface area contributed by atoms with Crippen molar-refractivity contribution in [1.82, 2.24) is 9.55 Å². The zero-order valence-corrected chi connectivity index (χ0v) is 16.4. The number of nitrogens with zero attached hydrogens (tertiary/aromatic N) is 2. The molecule has 1 N–H and O–H groups in total. The van der Waals surface area contributed by atoms with Gasteiger partial charge in [0.1, 0.15) is 4.83 Å². The molecular formula is C15H20N2O4S3. The van der Waals surface area contributed by atoms with Gasteiger partial charge in [-0.1, -0.05) is 11.8 Å². The average molecular weight is 389 g/mol. The lowest BCUT2D eigenvalue weighted by molar-refractivity contribution is 0.207. The second kappa shape index (κ2) is 6.12. The lowest BCUT2D eigenvalue weighted by Crippen LogP contribution is -2.27. The molecule has 0 spiro atoms. The average Bonchev–Trinajstić information content (AvgIpc) is 2.85. The van der Waals surface area contributed by atoms with Crippen LogP contribution in [0.5, 0.6) is 0 Å². The summed E-state index contributed by atoms with van der Waals surface area (Å²) in [6.07, 6.45) is -0.931. The van der Waals surface area contributed by atoms with Crippen LogP contribution < -0.4 is 5.56 Å². The molecular weight excluding hydrogens is 368 g/mol. The maximum atomic E-state index is 12.9. The van der Waals surface area contributed by atoms with E-state index in [0.717, 1.165) is 10.4 Å². The smallest absolute Gasteiger partial charge is 0.263 e. The van der Waals surface area contributed by atoms with Crippen LogP contribution in [0.4, 0.5) is 0 Å². The highest BCUT2D eigenvalue weighted by Gasteiger charge is 2.38. The minimum atomic E-state index is -3.24. The van der Waals surface area contributed by atoms with E-state index in [2.05, 4.69) is 4.98 Å². The van der Waals surface area contributed by atoms with Crippen molar-refractivity contribution in [3.63, 3.8) is 0 Å². The van der Waals surface area contributed by atoms with Crippen molar-refractivity contribution in [2.45, 2.75) is 50.2 Å². The molecule has 2 aromatic heterocycles. The molecule has 0 aromatic carbocycles. The zero-order chi connectivity index (χ0) is 17.8. The highest BCUT2D eigenvalue weighted by Crippen LogP contribution is 2.34. The summed E-state index contributed by atoms with van der Waals surface area (Å²) in [6.45, 7) is 7.67. The van der Waals surface area contributed by atoms with Crippen LogP contribution in [0.15, 0.2) is 9.95 Å². The molecule has 1 aliphatic rings. The molecule has 1 fully saturated rings. The van der Waals surface area contributed by atoms with E-state index in [9.17, 15) is 18.3 Å². The summed E-state index contributed by atoms with van der Waals surface area (Å²) in [7, 11) is -3.24. The van der Waals surface area contributed by atoms with Gasteiger partial charge < -0.3 is 5.11 Å². The number of fused-ring (bicyclic) bond motifs is 1. The van der Waals surface area contributed by atoms with E-state index in [4.69, 9.17) is 0 Å². The van der Waals surface area contributed by atoms with Gasteiger partial charge in [0.2, 0.25) is 0 Å². The Morgan fingerprint density at radius 2 is 2.00 bits per heavy atom. The second-order valence-electron chi connectivity index (χ2n) is 6.43. The zero-order valence-electron chi connectivity index (χ0n) is 13.9. The SMILES string of the molecule is Cc1sc2nc(S[C@H]3CS(=O)(=O)C[C@H]3O)n(C(C)C)c(=O)c2c1C. The van der Waals surface area contributed by atoms with E-state index in [0.29, 0.717) is 15.4 Å². The Kier molecular flexibility index (Phi) is 4.57. The molecule has 132 valence electrons. The Morgan fingerprint density at radius 1 is 1.33 bits per heavy atom. The summed E-state index contributed by atoms with van der Waals surface area (Å²) in [4.78, 5) is 19.3. The van der Waals surface area contributed by atoms with Gasteiger partial charge in [-0.25, -0.2) is 13.4 Å². The van der Waals surface area contributed by atoms with E-state index in [1.807, 2.05) is 27.7 Å². The quantitative estimate of drug-likeness (QED) is 0.808. The van der Waals surface area contributed by atoms with Crippen molar-refractivity contribution in [3.8, 4) is 0 Å². The van der Waals surface area contributed by atoms with Crippen LogP contribution in [0, 0.1) is 13.8 Å². The summed E-state index contributed by atoms with van der Waals surface area (Å²) in [5, 5.41) is 10.7. The second-order valence-corrected chi connectivity index (χ2v) is 11.0. The fraction of sp³-hybridized carbons (Fsp3) is 0.600. The molecule has 0 saturated carbocycles. The fourth-order valence-electron chi connectivity index (χ4n) is 2.87. The molecule has 1 aliphatic heterocycles. The number of aliphatic hydroxyl groups is 1. The van der Waals surface area contributed by atoms with Gasteiger partial charge in [0.05, 0.1) is 28.2 Å². The fourth-order valence-corrected chi connectivity index (χ4v) is 7.65. The lowest BCUT2D eigenvalue weighted by atomic mass is 10.2. The Bertz CT molecular complexity index is 959. The van der Waals surface area contributed by atoms with Crippen molar-refractivity contribution >= 4 is 43.2 Å². The first-order valence-corrected chi connectivity index (χ1v) is 11.2. The Hall–Kier alpha value is -0.900. The van der Waals surface area contributed by atoms with E-state index in [1.54, 1.807) is 4.57 Å². The third-order valence-electron chi connectivity index (χ3n) is 4.25. The normalized spacial score (nSPS) is 23.4. The molecule has 3 heterocycles. The van der Waals surface area contributed by atoms with Crippen LogP contribution in [0.1, 0.15) is 30.3 Å². The van der Waals surface area contributed by atoms with Gasteiger partial charge in [-0.3, -0.25) is 9.36 Å². The van der Waals surface area contributed by atoms with Crippen LogP contribution in [0.2, 0.25) is 0 Å². The molecule has 3 rings (SSSR count). The Morgan fingerprint density at radius 3 is 2.54 bits per heavy atom. The summed E-state index contributed by atoms with van der Waals surface area (Å²) in [5.41, 5.74) is 0.844. The summed E-state index contributed by atoms with van der Waals surface area (Å²) in [5.74, 6) is -0.316. The number of hydrogen-bond acceptors (Lipinski definition) is 7. The van der Waals surface area contributed by atoms with E-state index in [1.165, 1.54) is 23.1 Å². The monoisotopic (exact) mass is 388 g/mol. The molecule has 0 unspecified atom stereocenters. The van der Waals surface area contributed by atoms with E-state index >= 15 is 0 Å². The molecule has 9 heteroatoms. The molecule has 0 bridgehead atoms. The first-order chi connectivity index (χ1) is 11.1. The number of aryl methyl sites for hydroxylation is 2. The van der Waals surface area contributed by atoms with Gasteiger partial charge in [0.15, 0.2) is 15.0 Å². The number of aromatic nitrogens is 2. The molecule has 0 amide bonds. The maximum Gasteiger partial charge on any atom is 0.263 e. The molecule has 6 nitrogen and oxygen atoms in total. The number of thiophene rings is 1. The van der Waals surface area contributed by atoms with Crippen LogP contribution >= 0.6 is 23.1 Å². The van der Waals surface area contributed by atoms with E-state index in [-0.39, 0.29) is 23.1 Å². The van der Waals surface area contributed by atoms with Gasteiger partial charge in [-0.2, -0.15) is 0 Å². The number of hydrogen-bond donors (Lipinski definition) is 1. The molecule has 0 aliphatic carbocycles. The topological polar surface area (TPSA) is 89.3 Å². The van der Waals surface area contributed by atoms with Gasteiger partial charge in [0.25, 0.3) is 5.56 Å². The van der Waals surface area contributed by atoms with Gasteiger partial charge >= 0.3 is 0 Å². The van der Waals surface area contributed by atoms with Crippen molar-refractivity contribution in [2.24, 2.45) is 0 Å². The maximum absolute atomic E-state index is 12.9. The van der Waals surface area contributed by atoms with Gasteiger partial charge in [0, 0.05) is 10.9 Å². The summed E-state index contributed by atoms with van der Waals surface area (Å²) in [6, 6.07) is -0.105. The van der Waals surface area contributed by atoms with Crippen LogP contribution in [-0.2, 0) is 9.84 Å². The van der Waals surface area contributed by atoms with E-state index < -0.39 is 21.2 Å². The van der Waals surface area contributed by atoms with Crippen molar-refractivity contribution in [3.05, 3.63) is 20.8 Å². The first-order valence-electron chi connectivity index (χ1n) is 7.68. The van der Waals surface area contributed by atoms with Crippen molar-refractivity contribution in [2.75, 3.05) is 11.5 Å². The highest BCUT2D eigenvalue weighted by molar-refractivity contribution is 8.01. The number of aliphatic hydroxyl groups excluding tert-OH is 1. The molecule has 2 atom stereocenters. The van der Waals surface area contributed by atoms with Gasteiger partial charge in [-0.05, 0) is 33.3 Å². The van der Waals surface area contributed by atoms with Gasteiger partial charge in [-0.15, -0.1) is 11.3 Å². The third-order valence-corrected chi connectivity index (χ3v) is 8.56. The number of thioether (sulfide) groups is 1. The Labute approximate surface area is 148 Å². The lowest BCUT2D eigenvalue weighted by Gasteiger charge is -2.18. The van der Waals surface area contributed by atoms with Crippen LogP contribution in [0.3, 0.4) is 0 Å². The summed E-state index contributed by atoms with van der Waals surface area (Å²) >= 11 is 2.66. The largest absolute Gasteiger partial charge is 0.391 e. The van der Waals surface area contributed by atoms with Crippen molar-refractivity contribution < 1.29 is 13.5 Å². The minimum absolute atomic E-state index is 0.0899. The van der Waals surface area contributed by atoms with Crippen molar-refractivity contribution in [1.29, 1.82) is 0 Å². The predicted molar refractivity (Wildman–Crippen MR) is 98.0 cm³/mol. The van der Waals surface area contributed by atoms with Crippen LogP contribution in [0.25, 0.3) is 10.2 Å². The molecule has 2 aromatic rings.